The highest BCUT2D eigenvalue weighted by atomic mass is 35.5. The summed E-state index contributed by atoms with van der Waals surface area (Å²) in [6, 6.07) is 15.7. The molecule has 182 valence electrons. The number of rotatable bonds is 6. The van der Waals surface area contributed by atoms with E-state index in [0.29, 0.717) is 16.5 Å². The molecule has 2 aromatic carbocycles. The lowest BCUT2D eigenvalue weighted by molar-refractivity contribution is 0.396. The molecule has 0 amide bonds. The van der Waals surface area contributed by atoms with Crippen molar-refractivity contribution in [1.29, 1.82) is 0 Å². The number of fused-ring (bicyclic) bond motifs is 1. The quantitative estimate of drug-likeness (QED) is 0.342. The number of aromatic nitrogens is 3. The number of hydrogen-bond donors (Lipinski definition) is 1. The minimum absolute atomic E-state index is 0.0314. The Morgan fingerprint density at radius 2 is 1.92 bits per heavy atom. The van der Waals surface area contributed by atoms with Crippen LogP contribution in [0.5, 0.6) is 5.88 Å². The van der Waals surface area contributed by atoms with Gasteiger partial charge in [-0.2, -0.15) is 0 Å². The predicted molar refractivity (Wildman–Crippen MR) is 132 cm³/mol. The van der Waals surface area contributed by atoms with Crippen molar-refractivity contribution in [2.24, 2.45) is 0 Å². The van der Waals surface area contributed by atoms with Crippen molar-refractivity contribution >= 4 is 38.3 Å². The summed E-state index contributed by atoms with van der Waals surface area (Å²) in [6.07, 6.45) is 1.24. The highest BCUT2D eigenvalue weighted by molar-refractivity contribution is 7.92. The summed E-state index contributed by atoms with van der Waals surface area (Å²) >= 11 is 6.49. The Kier molecular flexibility index (Phi) is 5.94. The van der Waals surface area contributed by atoms with Crippen molar-refractivity contribution in [3.05, 3.63) is 94.2 Å². The SMILES string of the molecule is COc1nc(-c2cccc(F)c2)c(Cl)cc1-n1c(=O)ccc2cc(S(=O)(=O)Nc3ccon3)ccc21. The van der Waals surface area contributed by atoms with Crippen LogP contribution in [0.1, 0.15) is 0 Å². The number of pyridine rings is 2. The fourth-order valence-electron chi connectivity index (χ4n) is 3.71. The van der Waals surface area contributed by atoms with Crippen molar-refractivity contribution in [2.75, 3.05) is 11.8 Å². The van der Waals surface area contributed by atoms with E-state index in [1.54, 1.807) is 6.07 Å². The van der Waals surface area contributed by atoms with Gasteiger partial charge in [0.15, 0.2) is 5.82 Å². The van der Waals surface area contributed by atoms with E-state index in [-0.39, 0.29) is 33.0 Å². The third kappa shape index (κ3) is 4.30. The standard InChI is InChI=1S/C24H16ClFN4O5S/c1-34-24-20(13-18(25)23(27-24)15-3-2-4-16(26)11-15)30-19-7-6-17(12-14(19)5-8-22(30)31)36(32,33)29-21-9-10-35-28-21/h2-13H,1H3,(H,28,29). The number of nitrogens with one attached hydrogen (secondary N) is 1. The first-order valence-electron chi connectivity index (χ1n) is 10.4. The summed E-state index contributed by atoms with van der Waals surface area (Å²) in [5.74, 6) is -0.357. The van der Waals surface area contributed by atoms with Gasteiger partial charge in [-0.05, 0) is 42.5 Å². The van der Waals surface area contributed by atoms with Crippen LogP contribution in [0.25, 0.3) is 27.8 Å². The van der Waals surface area contributed by atoms with E-state index >= 15 is 0 Å². The lowest BCUT2D eigenvalue weighted by Crippen LogP contribution is -2.19. The summed E-state index contributed by atoms with van der Waals surface area (Å²) in [6.45, 7) is 0. The van der Waals surface area contributed by atoms with Gasteiger partial charge in [0.1, 0.15) is 17.8 Å². The molecule has 0 aliphatic rings. The van der Waals surface area contributed by atoms with Crippen molar-refractivity contribution in [2.45, 2.75) is 4.90 Å². The van der Waals surface area contributed by atoms with Crippen LogP contribution in [0.4, 0.5) is 10.2 Å². The molecule has 0 fully saturated rings. The third-order valence-corrected chi connectivity index (χ3v) is 6.95. The number of hydrogen-bond acceptors (Lipinski definition) is 7. The predicted octanol–water partition coefficient (Wildman–Crippen LogP) is 4.64. The third-order valence-electron chi connectivity index (χ3n) is 5.31. The number of halogens is 2. The minimum atomic E-state index is -3.97. The monoisotopic (exact) mass is 526 g/mol. The fraction of sp³-hybridized carbons (Fsp3) is 0.0417. The first-order valence-corrected chi connectivity index (χ1v) is 12.2. The first kappa shape index (κ1) is 23.5. The van der Waals surface area contributed by atoms with Gasteiger partial charge in [-0.1, -0.05) is 28.9 Å². The molecule has 0 saturated heterocycles. The Bertz CT molecular complexity index is 1770. The second-order valence-corrected chi connectivity index (χ2v) is 9.66. The van der Waals surface area contributed by atoms with Gasteiger partial charge in [0.25, 0.3) is 15.6 Å². The minimum Gasteiger partial charge on any atom is -0.479 e. The van der Waals surface area contributed by atoms with Crippen LogP contribution in [0.2, 0.25) is 5.02 Å². The lowest BCUT2D eigenvalue weighted by Gasteiger charge is -2.16. The van der Waals surface area contributed by atoms with Crippen LogP contribution < -0.4 is 15.0 Å². The summed E-state index contributed by atoms with van der Waals surface area (Å²) in [5.41, 5.74) is 0.905. The van der Waals surface area contributed by atoms with Crippen LogP contribution in [-0.2, 0) is 10.0 Å². The van der Waals surface area contributed by atoms with Gasteiger partial charge in [-0.3, -0.25) is 14.1 Å². The molecule has 0 atom stereocenters. The zero-order chi connectivity index (χ0) is 25.4. The van der Waals surface area contributed by atoms with E-state index in [1.807, 2.05) is 0 Å². The average molecular weight is 527 g/mol. The second-order valence-electron chi connectivity index (χ2n) is 7.58. The number of methoxy groups -OCH3 is 1. The smallest absolute Gasteiger partial charge is 0.263 e. The van der Waals surface area contributed by atoms with E-state index in [4.69, 9.17) is 16.3 Å². The molecule has 5 rings (SSSR count). The number of sulfonamides is 1. The summed E-state index contributed by atoms with van der Waals surface area (Å²) in [4.78, 5) is 17.3. The lowest BCUT2D eigenvalue weighted by atomic mass is 10.1. The van der Waals surface area contributed by atoms with Gasteiger partial charge >= 0.3 is 0 Å². The molecule has 36 heavy (non-hydrogen) atoms. The molecule has 3 aromatic heterocycles. The molecule has 0 spiro atoms. The normalized spacial score (nSPS) is 11.5. The molecule has 0 saturated carbocycles. The number of ether oxygens (including phenoxy) is 1. The van der Waals surface area contributed by atoms with Crippen LogP contribution >= 0.6 is 11.6 Å². The van der Waals surface area contributed by atoms with Gasteiger partial charge in [0.05, 0.1) is 28.2 Å². The zero-order valence-electron chi connectivity index (χ0n) is 18.5. The van der Waals surface area contributed by atoms with E-state index in [0.717, 1.165) is 0 Å². The molecule has 5 aromatic rings. The Hall–Kier alpha value is -4.22. The number of nitrogens with zero attached hydrogens (tertiary/aromatic N) is 3. The van der Waals surface area contributed by atoms with E-state index in [9.17, 15) is 17.6 Å². The molecule has 0 radical (unpaired) electrons. The fourth-order valence-corrected chi connectivity index (χ4v) is 4.99. The highest BCUT2D eigenvalue weighted by Gasteiger charge is 2.20. The molecular formula is C24H16ClFN4O5S. The maximum absolute atomic E-state index is 13.8. The molecule has 12 heteroatoms. The molecule has 1 N–H and O–H groups in total. The molecule has 3 heterocycles. The van der Waals surface area contributed by atoms with E-state index in [1.165, 1.54) is 78.6 Å². The van der Waals surface area contributed by atoms with Crippen LogP contribution in [0.3, 0.4) is 0 Å². The molecular weight excluding hydrogens is 511 g/mol. The van der Waals surface area contributed by atoms with Gasteiger partial charge < -0.3 is 9.26 Å². The maximum Gasteiger partial charge on any atom is 0.263 e. The second kappa shape index (κ2) is 9.10. The molecule has 0 aliphatic heterocycles. The Morgan fingerprint density at radius 3 is 2.64 bits per heavy atom. The summed E-state index contributed by atoms with van der Waals surface area (Å²) in [7, 11) is -2.59. The van der Waals surface area contributed by atoms with E-state index in [2.05, 4.69) is 19.4 Å². The summed E-state index contributed by atoms with van der Waals surface area (Å²) in [5, 5.41) is 4.16. The van der Waals surface area contributed by atoms with Gasteiger partial charge in [-0.25, -0.2) is 17.8 Å². The van der Waals surface area contributed by atoms with Crippen molar-refractivity contribution in [3.8, 4) is 22.8 Å². The molecule has 0 bridgehead atoms. The first-order chi connectivity index (χ1) is 17.3. The topological polar surface area (TPSA) is 116 Å². The van der Waals surface area contributed by atoms with Gasteiger partial charge in [0.2, 0.25) is 5.88 Å². The largest absolute Gasteiger partial charge is 0.479 e. The Labute approximate surface area is 208 Å². The highest BCUT2D eigenvalue weighted by Crippen LogP contribution is 2.34. The Morgan fingerprint density at radius 1 is 1.08 bits per heavy atom. The molecule has 9 nitrogen and oxygen atoms in total. The average Bonchev–Trinajstić information content (AvgIpc) is 3.36. The number of anilines is 1. The van der Waals surface area contributed by atoms with Crippen LogP contribution in [0, 0.1) is 5.82 Å². The van der Waals surface area contributed by atoms with Gasteiger partial charge in [0, 0.05) is 23.1 Å². The van der Waals surface area contributed by atoms with Crippen LogP contribution in [-0.4, -0.2) is 30.2 Å². The van der Waals surface area contributed by atoms with Crippen molar-refractivity contribution in [3.63, 3.8) is 0 Å². The zero-order valence-corrected chi connectivity index (χ0v) is 20.0. The van der Waals surface area contributed by atoms with Crippen LogP contribution in [0.15, 0.2) is 87.2 Å². The molecule has 0 aliphatic carbocycles. The van der Waals surface area contributed by atoms with E-state index < -0.39 is 21.4 Å². The number of benzene rings is 2. The van der Waals surface area contributed by atoms with Gasteiger partial charge in [-0.15, -0.1) is 0 Å². The summed E-state index contributed by atoms with van der Waals surface area (Å²) < 4.78 is 53.0. The maximum atomic E-state index is 13.8. The van der Waals surface area contributed by atoms with Crippen molar-refractivity contribution < 1.29 is 22.1 Å². The van der Waals surface area contributed by atoms with Crippen molar-refractivity contribution in [1.82, 2.24) is 14.7 Å². The molecule has 0 unspecified atom stereocenters. The Balaban J connectivity index is 1.65.